The number of hydrogen-bond acceptors (Lipinski definition) is 3. The van der Waals surface area contributed by atoms with Crippen molar-refractivity contribution in [3.8, 4) is 5.75 Å². The summed E-state index contributed by atoms with van der Waals surface area (Å²) in [6, 6.07) is 8.57. The normalized spacial score (nSPS) is 14.1. The molecule has 0 saturated heterocycles. The van der Waals surface area contributed by atoms with Gasteiger partial charge in [0, 0.05) is 18.7 Å². The minimum Gasteiger partial charge on any atom is -0.496 e. The summed E-state index contributed by atoms with van der Waals surface area (Å²) in [7, 11) is 3.50. The van der Waals surface area contributed by atoms with Crippen molar-refractivity contribution < 1.29 is 9.47 Å². The van der Waals surface area contributed by atoms with E-state index in [1.54, 1.807) is 14.2 Å². The number of ether oxygens (including phenoxy) is 2. The highest BCUT2D eigenvalue weighted by Crippen LogP contribution is 2.28. The molecule has 0 aliphatic heterocycles. The molecule has 1 aromatic carbocycles. The highest BCUT2D eigenvalue weighted by Gasteiger charge is 2.16. The van der Waals surface area contributed by atoms with Crippen LogP contribution in [0.5, 0.6) is 5.75 Å². The summed E-state index contributed by atoms with van der Waals surface area (Å²) in [5, 5.41) is 3.60. The summed E-state index contributed by atoms with van der Waals surface area (Å²) in [5.41, 5.74) is 1.24. The summed E-state index contributed by atoms with van der Waals surface area (Å²) in [4.78, 5) is 0. The molecule has 1 aromatic rings. The molecular weight excluding hydrogens is 238 g/mol. The maximum atomic E-state index is 5.47. The second-order valence-corrected chi connectivity index (χ2v) is 4.87. The molecule has 3 nitrogen and oxygen atoms in total. The Balaban J connectivity index is 2.76. The summed E-state index contributed by atoms with van der Waals surface area (Å²) in [6.45, 7) is 5.31. The average molecular weight is 265 g/mol. The molecule has 0 bridgehead atoms. The third-order valence-corrected chi connectivity index (χ3v) is 3.42. The first-order valence-electron chi connectivity index (χ1n) is 7.12. The number of rotatable bonds is 9. The van der Waals surface area contributed by atoms with E-state index in [0.29, 0.717) is 12.1 Å². The third-order valence-electron chi connectivity index (χ3n) is 3.42. The first-order valence-corrected chi connectivity index (χ1v) is 7.12. The maximum Gasteiger partial charge on any atom is 0.123 e. The smallest absolute Gasteiger partial charge is 0.123 e. The summed E-state index contributed by atoms with van der Waals surface area (Å²) in [6.07, 6.45) is 3.51. The van der Waals surface area contributed by atoms with E-state index in [4.69, 9.17) is 9.47 Å². The van der Waals surface area contributed by atoms with Crippen molar-refractivity contribution >= 4 is 0 Å². The van der Waals surface area contributed by atoms with Crippen LogP contribution in [0.3, 0.4) is 0 Å². The van der Waals surface area contributed by atoms with Gasteiger partial charge in [0.15, 0.2) is 0 Å². The molecule has 108 valence electrons. The van der Waals surface area contributed by atoms with Crippen molar-refractivity contribution in [2.24, 2.45) is 0 Å². The van der Waals surface area contributed by atoms with Crippen molar-refractivity contribution in [1.82, 2.24) is 5.32 Å². The lowest BCUT2D eigenvalue weighted by Crippen LogP contribution is -2.24. The van der Waals surface area contributed by atoms with E-state index in [9.17, 15) is 0 Å². The van der Waals surface area contributed by atoms with Gasteiger partial charge < -0.3 is 14.8 Å². The fourth-order valence-electron chi connectivity index (χ4n) is 2.16. The van der Waals surface area contributed by atoms with E-state index in [0.717, 1.165) is 31.6 Å². The summed E-state index contributed by atoms with van der Waals surface area (Å²) >= 11 is 0. The number of para-hydroxylation sites is 1. The summed E-state index contributed by atoms with van der Waals surface area (Å²) in [5.74, 6) is 0.959. The predicted molar refractivity (Wildman–Crippen MR) is 79.7 cm³/mol. The van der Waals surface area contributed by atoms with Crippen LogP contribution in [0.15, 0.2) is 24.3 Å². The Labute approximate surface area is 117 Å². The Morgan fingerprint density at radius 3 is 2.53 bits per heavy atom. The van der Waals surface area contributed by atoms with Gasteiger partial charge in [-0.1, -0.05) is 25.1 Å². The second-order valence-electron chi connectivity index (χ2n) is 4.87. The van der Waals surface area contributed by atoms with E-state index in [2.05, 4.69) is 31.3 Å². The second kappa shape index (κ2) is 8.94. The molecule has 1 rings (SSSR count). The van der Waals surface area contributed by atoms with Gasteiger partial charge in [0.2, 0.25) is 0 Å². The van der Waals surface area contributed by atoms with Crippen molar-refractivity contribution in [1.29, 1.82) is 0 Å². The van der Waals surface area contributed by atoms with Crippen LogP contribution in [0.25, 0.3) is 0 Å². The van der Waals surface area contributed by atoms with Gasteiger partial charge in [-0.05, 0) is 38.8 Å². The van der Waals surface area contributed by atoms with Gasteiger partial charge in [0.25, 0.3) is 0 Å². The van der Waals surface area contributed by atoms with Crippen LogP contribution in [0.4, 0.5) is 0 Å². The lowest BCUT2D eigenvalue weighted by atomic mass is 9.99. The first-order chi connectivity index (χ1) is 9.22. The van der Waals surface area contributed by atoms with E-state index in [1.807, 2.05) is 12.1 Å². The van der Waals surface area contributed by atoms with Crippen LogP contribution in [0.1, 0.15) is 44.7 Å². The van der Waals surface area contributed by atoms with Crippen LogP contribution >= 0.6 is 0 Å². The zero-order valence-corrected chi connectivity index (χ0v) is 12.6. The lowest BCUT2D eigenvalue weighted by Gasteiger charge is -2.22. The first kappa shape index (κ1) is 16.0. The Hall–Kier alpha value is -1.06. The molecule has 0 fully saturated rings. The number of methoxy groups -OCH3 is 2. The molecule has 3 heteroatoms. The molecule has 19 heavy (non-hydrogen) atoms. The monoisotopic (exact) mass is 265 g/mol. The molecule has 0 spiro atoms. The van der Waals surface area contributed by atoms with Crippen molar-refractivity contribution in [2.75, 3.05) is 20.8 Å². The molecular formula is C16H27NO2. The Kier molecular flexibility index (Phi) is 7.53. The lowest BCUT2D eigenvalue weighted by molar-refractivity contribution is 0.106. The molecule has 0 aromatic heterocycles. The van der Waals surface area contributed by atoms with E-state index in [-0.39, 0.29) is 0 Å². The van der Waals surface area contributed by atoms with Crippen LogP contribution in [0.2, 0.25) is 0 Å². The molecule has 0 radical (unpaired) electrons. The highest BCUT2D eigenvalue weighted by atomic mass is 16.5. The summed E-state index contributed by atoms with van der Waals surface area (Å²) < 4.78 is 10.8. The molecule has 0 saturated carbocycles. The van der Waals surface area contributed by atoms with Crippen LogP contribution < -0.4 is 10.1 Å². The molecule has 1 N–H and O–H groups in total. The third kappa shape index (κ3) is 5.21. The number of nitrogens with one attached hydrogen (secondary N) is 1. The fourth-order valence-corrected chi connectivity index (χ4v) is 2.16. The quantitative estimate of drug-likeness (QED) is 0.740. The minimum absolute atomic E-state index is 0.292. The Morgan fingerprint density at radius 1 is 1.16 bits per heavy atom. The molecule has 2 atom stereocenters. The predicted octanol–water partition coefficient (Wildman–Crippen LogP) is 3.55. The van der Waals surface area contributed by atoms with Crippen molar-refractivity contribution in [3.05, 3.63) is 29.8 Å². The van der Waals surface area contributed by atoms with Gasteiger partial charge in [-0.3, -0.25) is 0 Å². The van der Waals surface area contributed by atoms with Gasteiger partial charge in [-0.15, -0.1) is 0 Å². The largest absolute Gasteiger partial charge is 0.496 e. The minimum atomic E-state index is 0.292. The number of hydrogen-bond donors (Lipinski definition) is 1. The van der Waals surface area contributed by atoms with Gasteiger partial charge in [-0.25, -0.2) is 0 Å². The van der Waals surface area contributed by atoms with Gasteiger partial charge >= 0.3 is 0 Å². The maximum absolute atomic E-state index is 5.47. The molecule has 0 aliphatic carbocycles. The molecule has 0 heterocycles. The molecule has 2 unspecified atom stereocenters. The molecule has 0 amide bonds. The SMILES string of the molecule is CCCNC(CCC(C)OC)c1ccccc1OC. The van der Waals surface area contributed by atoms with E-state index in [1.165, 1.54) is 5.56 Å². The van der Waals surface area contributed by atoms with E-state index < -0.39 is 0 Å². The zero-order chi connectivity index (χ0) is 14.1. The van der Waals surface area contributed by atoms with Crippen molar-refractivity contribution in [3.63, 3.8) is 0 Å². The standard InChI is InChI=1S/C16H27NO2/c1-5-12-17-15(11-10-13(2)18-3)14-8-6-7-9-16(14)19-4/h6-9,13,15,17H,5,10-12H2,1-4H3. The highest BCUT2D eigenvalue weighted by molar-refractivity contribution is 5.35. The van der Waals surface area contributed by atoms with Gasteiger partial charge in [0.05, 0.1) is 13.2 Å². The van der Waals surface area contributed by atoms with E-state index >= 15 is 0 Å². The van der Waals surface area contributed by atoms with Crippen LogP contribution in [-0.4, -0.2) is 26.9 Å². The van der Waals surface area contributed by atoms with Crippen LogP contribution in [-0.2, 0) is 4.74 Å². The molecule has 0 aliphatic rings. The topological polar surface area (TPSA) is 30.5 Å². The van der Waals surface area contributed by atoms with Crippen molar-refractivity contribution in [2.45, 2.75) is 45.3 Å². The number of benzene rings is 1. The van der Waals surface area contributed by atoms with Gasteiger partial charge in [0.1, 0.15) is 5.75 Å². The zero-order valence-electron chi connectivity index (χ0n) is 12.6. The average Bonchev–Trinajstić information content (AvgIpc) is 2.47. The Morgan fingerprint density at radius 2 is 1.89 bits per heavy atom. The fraction of sp³-hybridized carbons (Fsp3) is 0.625. The van der Waals surface area contributed by atoms with Crippen LogP contribution in [0, 0.1) is 0 Å². The van der Waals surface area contributed by atoms with Gasteiger partial charge in [-0.2, -0.15) is 0 Å². The Bertz CT molecular complexity index is 354.